The van der Waals surface area contributed by atoms with Gasteiger partial charge in [0.15, 0.2) is 15.6 Å². The summed E-state index contributed by atoms with van der Waals surface area (Å²) in [4.78, 5) is 12.0. The van der Waals surface area contributed by atoms with Crippen molar-refractivity contribution in [2.75, 3.05) is 12.9 Å². The second-order valence-corrected chi connectivity index (χ2v) is 6.13. The maximum Gasteiger partial charge on any atom is 0.184 e. The van der Waals surface area contributed by atoms with Gasteiger partial charge in [-0.15, -0.1) is 0 Å². The summed E-state index contributed by atoms with van der Waals surface area (Å²) in [5.74, 6) is -0.00736. The molecule has 0 saturated heterocycles. The molecule has 94 valence electrons. The molecule has 0 aliphatic rings. The number of sulfone groups is 1. The Bertz CT molecular complexity index is 505. The van der Waals surface area contributed by atoms with Crippen LogP contribution in [0.1, 0.15) is 24.2 Å². The molecule has 0 heterocycles. The fourth-order valence-corrected chi connectivity index (χ4v) is 1.88. The molecule has 5 heteroatoms. The van der Waals surface area contributed by atoms with Crippen molar-refractivity contribution in [2.45, 2.75) is 19.1 Å². The first-order chi connectivity index (χ1) is 7.88. The van der Waals surface area contributed by atoms with Gasteiger partial charge in [0, 0.05) is 6.26 Å². The lowest BCUT2D eigenvalue weighted by Crippen LogP contribution is -2.26. The van der Waals surface area contributed by atoms with Gasteiger partial charge >= 0.3 is 0 Å². The number of ether oxygens (including phenoxy) is 1. The van der Waals surface area contributed by atoms with Crippen LogP contribution in [0.15, 0.2) is 24.3 Å². The van der Waals surface area contributed by atoms with Crippen LogP contribution in [0.25, 0.3) is 0 Å². The van der Waals surface area contributed by atoms with Crippen LogP contribution in [0, 0.1) is 0 Å². The molecule has 0 aliphatic carbocycles. The largest absolute Gasteiger partial charge is 0.493 e. The standard InChI is InChI=1S/C12H16O4S/c1-4-16-11-8-6-5-7-10(11)12(13)9(2)17(3,14)15/h5-9H,4H2,1-3H3. The lowest BCUT2D eigenvalue weighted by Gasteiger charge is -2.12. The van der Waals surface area contributed by atoms with E-state index in [-0.39, 0.29) is 0 Å². The second-order valence-electron chi connectivity index (χ2n) is 3.77. The Kier molecular flexibility index (Phi) is 4.28. The van der Waals surface area contributed by atoms with E-state index >= 15 is 0 Å². The highest BCUT2D eigenvalue weighted by Crippen LogP contribution is 2.21. The highest BCUT2D eigenvalue weighted by atomic mass is 32.2. The van der Waals surface area contributed by atoms with Gasteiger partial charge in [-0.3, -0.25) is 4.79 Å². The Labute approximate surface area is 102 Å². The SMILES string of the molecule is CCOc1ccccc1C(=O)C(C)S(C)(=O)=O. The van der Waals surface area contributed by atoms with E-state index in [0.29, 0.717) is 17.9 Å². The minimum atomic E-state index is -3.39. The van der Waals surface area contributed by atoms with E-state index < -0.39 is 20.9 Å². The molecule has 1 atom stereocenters. The highest BCUT2D eigenvalue weighted by molar-refractivity contribution is 7.92. The van der Waals surface area contributed by atoms with E-state index in [1.165, 1.54) is 6.92 Å². The third-order valence-corrected chi connectivity index (χ3v) is 3.96. The minimum absolute atomic E-state index is 0.312. The number of rotatable bonds is 5. The zero-order chi connectivity index (χ0) is 13.1. The molecule has 1 rings (SSSR count). The number of carbonyl (C=O) groups is 1. The van der Waals surface area contributed by atoms with Crippen molar-refractivity contribution in [2.24, 2.45) is 0 Å². The first kappa shape index (κ1) is 13.7. The van der Waals surface area contributed by atoms with Gasteiger partial charge in [0.2, 0.25) is 0 Å². The van der Waals surface area contributed by atoms with Gasteiger partial charge in [0.1, 0.15) is 11.0 Å². The number of hydrogen-bond donors (Lipinski definition) is 0. The molecule has 1 unspecified atom stereocenters. The Morgan fingerprint density at radius 1 is 1.35 bits per heavy atom. The summed E-state index contributed by atoms with van der Waals surface area (Å²) in [7, 11) is -3.39. The van der Waals surface area contributed by atoms with Crippen LogP contribution < -0.4 is 4.74 Å². The quantitative estimate of drug-likeness (QED) is 0.752. The van der Waals surface area contributed by atoms with Crippen molar-refractivity contribution < 1.29 is 17.9 Å². The normalized spacial score (nSPS) is 13.1. The van der Waals surface area contributed by atoms with E-state index in [4.69, 9.17) is 4.74 Å². The number of ketones is 1. The van der Waals surface area contributed by atoms with E-state index in [0.717, 1.165) is 6.26 Å². The van der Waals surface area contributed by atoms with Crippen molar-refractivity contribution in [3.05, 3.63) is 29.8 Å². The van der Waals surface area contributed by atoms with Crippen LogP contribution in [-0.4, -0.2) is 32.3 Å². The molecule has 0 saturated carbocycles. The van der Waals surface area contributed by atoms with Gasteiger partial charge in [-0.05, 0) is 26.0 Å². The molecule has 1 aromatic carbocycles. The number of benzene rings is 1. The average Bonchev–Trinajstić information content (AvgIpc) is 2.27. The lowest BCUT2D eigenvalue weighted by molar-refractivity contribution is 0.0988. The molecule has 0 radical (unpaired) electrons. The number of hydrogen-bond acceptors (Lipinski definition) is 4. The maximum absolute atomic E-state index is 12.0. The molecule has 4 nitrogen and oxygen atoms in total. The Hall–Kier alpha value is -1.36. The van der Waals surface area contributed by atoms with E-state index in [9.17, 15) is 13.2 Å². The van der Waals surface area contributed by atoms with Gasteiger partial charge in [-0.2, -0.15) is 0 Å². The summed E-state index contributed by atoms with van der Waals surface area (Å²) in [6.07, 6.45) is 1.05. The highest BCUT2D eigenvalue weighted by Gasteiger charge is 2.26. The van der Waals surface area contributed by atoms with Gasteiger partial charge in [-0.25, -0.2) is 8.42 Å². The molecular weight excluding hydrogens is 240 g/mol. The van der Waals surface area contributed by atoms with E-state index in [1.54, 1.807) is 31.2 Å². The topological polar surface area (TPSA) is 60.4 Å². The number of para-hydroxylation sites is 1. The molecule has 0 spiro atoms. The summed E-state index contributed by atoms with van der Waals surface area (Å²) >= 11 is 0. The van der Waals surface area contributed by atoms with Crippen LogP contribution >= 0.6 is 0 Å². The van der Waals surface area contributed by atoms with Crippen LogP contribution in [0.3, 0.4) is 0 Å². The van der Waals surface area contributed by atoms with Crippen molar-refractivity contribution in [1.82, 2.24) is 0 Å². The Balaban J connectivity index is 3.12. The smallest absolute Gasteiger partial charge is 0.184 e. The van der Waals surface area contributed by atoms with Crippen molar-refractivity contribution >= 4 is 15.6 Å². The predicted octanol–water partition coefficient (Wildman–Crippen LogP) is 1.70. The van der Waals surface area contributed by atoms with Crippen LogP contribution in [0.4, 0.5) is 0 Å². The third-order valence-electron chi connectivity index (χ3n) is 2.46. The van der Waals surface area contributed by atoms with Crippen molar-refractivity contribution in [1.29, 1.82) is 0 Å². The molecule has 17 heavy (non-hydrogen) atoms. The zero-order valence-electron chi connectivity index (χ0n) is 10.1. The molecule has 0 N–H and O–H groups in total. The molecule has 0 fully saturated rings. The second kappa shape index (κ2) is 5.31. The minimum Gasteiger partial charge on any atom is -0.493 e. The van der Waals surface area contributed by atoms with Crippen molar-refractivity contribution in [3.63, 3.8) is 0 Å². The van der Waals surface area contributed by atoms with Gasteiger partial charge < -0.3 is 4.74 Å². The molecule has 0 bridgehead atoms. The van der Waals surface area contributed by atoms with Crippen molar-refractivity contribution in [3.8, 4) is 5.75 Å². The van der Waals surface area contributed by atoms with Crippen LogP contribution in [0.2, 0.25) is 0 Å². The number of carbonyl (C=O) groups excluding carboxylic acids is 1. The zero-order valence-corrected chi connectivity index (χ0v) is 11.0. The Morgan fingerprint density at radius 3 is 2.47 bits per heavy atom. The number of Topliss-reactive ketones (excluding diaryl/α,β-unsaturated/α-hetero) is 1. The summed E-state index contributed by atoms with van der Waals surface area (Å²) in [5.41, 5.74) is 0.312. The fraction of sp³-hybridized carbons (Fsp3) is 0.417. The third kappa shape index (κ3) is 3.30. The first-order valence-corrected chi connectivity index (χ1v) is 7.28. The van der Waals surface area contributed by atoms with Crippen LogP contribution in [-0.2, 0) is 9.84 Å². The average molecular weight is 256 g/mol. The molecule has 0 aliphatic heterocycles. The summed E-state index contributed by atoms with van der Waals surface area (Å²) in [6.45, 7) is 3.62. The molecular formula is C12H16O4S. The van der Waals surface area contributed by atoms with E-state index in [2.05, 4.69) is 0 Å². The van der Waals surface area contributed by atoms with Gasteiger partial charge in [0.25, 0.3) is 0 Å². The fourth-order valence-electron chi connectivity index (χ4n) is 1.36. The van der Waals surface area contributed by atoms with Gasteiger partial charge in [-0.1, -0.05) is 12.1 Å². The maximum atomic E-state index is 12.0. The first-order valence-electron chi connectivity index (χ1n) is 5.32. The predicted molar refractivity (Wildman–Crippen MR) is 66.2 cm³/mol. The lowest BCUT2D eigenvalue weighted by atomic mass is 10.1. The van der Waals surface area contributed by atoms with Gasteiger partial charge in [0.05, 0.1) is 12.2 Å². The molecule has 1 aromatic rings. The molecule has 0 aromatic heterocycles. The summed E-state index contributed by atoms with van der Waals surface area (Å²) < 4.78 is 28.0. The Morgan fingerprint density at radius 2 is 1.94 bits per heavy atom. The summed E-state index contributed by atoms with van der Waals surface area (Å²) in [6, 6.07) is 6.67. The van der Waals surface area contributed by atoms with E-state index in [1.807, 2.05) is 0 Å². The molecule has 0 amide bonds. The monoisotopic (exact) mass is 256 g/mol. The van der Waals surface area contributed by atoms with Crippen LogP contribution in [0.5, 0.6) is 5.75 Å². The summed E-state index contributed by atoms with van der Waals surface area (Å²) in [5, 5.41) is -1.05.